The second-order valence-electron chi connectivity index (χ2n) is 4.73. The third-order valence-electron chi connectivity index (χ3n) is 3.07. The maximum atomic E-state index is 4.47. The average Bonchev–Trinajstić information content (AvgIpc) is 3.01. The number of para-hydroxylation sites is 2. The van der Waals surface area contributed by atoms with Gasteiger partial charge in [-0.15, -0.1) is 36.6 Å². The Morgan fingerprint density at radius 1 is 0.652 bits per heavy atom. The van der Waals surface area contributed by atoms with Crippen LogP contribution in [0.5, 0.6) is 0 Å². The lowest BCUT2D eigenvalue weighted by Crippen LogP contribution is -1.74. The Kier molecular flexibility index (Phi) is 5.33. The number of nitrogens with zero attached hydrogens (tertiary/aromatic N) is 2. The first-order valence-corrected chi connectivity index (χ1v) is 8.67. The third-order valence-corrected chi connectivity index (χ3v) is 4.78. The summed E-state index contributed by atoms with van der Waals surface area (Å²) in [5.41, 5.74) is 1.73. The molecule has 0 unspecified atom stereocenters. The van der Waals surface area contributed by atoms with Crippen LogP contribution in [-0.2, 0) is 0 Å². The van der Waals surface area contributed by atoms with E-state index in [1.807, 2.05) is 73.1 Å². The Morgan fingerprint density at radius 3 is 1.52 bits per heavy atom. The number of hydrogen-bond donors (Lipinski definition) is 2. The van der Waals surface area contributed by atoms with Gasteiger partial charge in [-0.25, -0.2) is 0 Å². The van der Waals surface area contributed by atoms with E-state index in [2.05, 4.69) is 35.2 Å². The van der Waals surface area contributed by atoms with Gasteiger partial charge in [-0.05, 0) is 36.4 Å². The van der Waals surface area contributed by atoms with E-state index in [0.29, 0.717) is 0 Å². The Bertz CT molecular complexity index is 796. The Hall–Kier alpha value is -1.82. The molecule has 3 aromatic rings. The van der Waals surface area contributed by atoms with Crippen molar-refractivity contribution in [2.24, 2.45) is 9.98 Å². The van der Waals surface area contributed by atoms with Crippen LogP contribution in [0.2, 0.25) is 0 Å². The fourth-order valence-corrected chi connectivity index (χ4v) is 3.11. The van der Waals surface area contributed by atoms with Crippen LogP contribution in [0.15, 0.2) is 80.4 Å². The van der Waals surface area contributed by atoms with Crippen LogP contribution in [0.3, 0.4) is 0 Å². The van der Waals surface area contributed by atoms with E-state index < -0.39 is 0 Å². The van der Waals surface area contributed by atoms with E-state index in [0.717, 1.165) is 30.9 Å². The summed E-state index contributed by atoms with van der Waals surface area (Å²) in [6.45, 7) is 0. The molecule has 3 rings (SSSR count). The molecule has 0 atom stereocenters. The quantitative estimate of drug-likeness (QED) is 0.435. The maximum absolute atomic E-state index is 4.47. The van der Waals surface area contributed by atoms with E-state index in [-0.39, 0.29) is 0 Å². The molecule has 2 nitrogen and oxygen atoms in total. The molecule has 1 aromatic heterocycles. The third kappa shape index (κ3) is 4.34. The minimum atomic E-state index is 0.864. The largest absolute Gasteiger partial charge is 0.254 e. The van der Waals surface area contributed by atoms with E-state index in [4.69, 9.17) is 0 Å². The highest BCUT2D eigenvalue weighted by Gasteiger charge is 1.98. The predicted molar refractivity (Wildman–Crippen MR) is 106 cm³/mol. The Morgan fingerprint density at radius 2 is 1.09 bits per heavy atom. The number of hydrogen-bond acceptors (Lipinski definition) is 5. The SMILES string of the molecule is Sc1ccccc1N=Cc1ccc(C=Nc2ccccc2S)s1. The highest BCUT2D eigenvalue weighted by molar-refractivity contribution is 7.80. The van der Waals surface area contributed by atoms with Gasteiger partial charge in [0, 0.05) is 32.0 Å². The van der Waals surface area contributed by atoms with Crippen molar-refractivity contribution in [1.82, 2.24) is 0 Å². The van der Waals surface area contributed by atoms with E-state index in [1.165, 1.54) is 0 Å². The molecular formula is C18H14N2S3. The molecule has 0 aliphatic rings. The second-order valence-corrected chi connectivity index (χ2v) is 6.84. The van der Waals surface area contributed by atoms with Gasteiger partial charge >= 0.3 is 0 Å². The lowest BCUT2D eigenvalue weighted by molar-refractivity contribution is 1.39. The maximum Gasteiger partial charge on any atom is 0.0763 e. The van der Waals surface area contributed by atoms with Crippen molar-refractivity contribution < 1.29 is 0 Å². The number of thiol groups is 2. The first kappa shape index (κ1) is 16.1. The lowest BCUT2D eigenvalue weighted by Gasteiger charge is -1.96. The highest BCUT2D eigenvalue weighted by Crippen LogP contribution is 2.24. The molecule has 0 radical (unpaired) electrons. The summed E-state index contributed by atoms with van der Waals surface area (Å²) in [4.78, 5) is 12.8. The number of thiophene rings is 1. The van der Waals surface area contributed by atoms with Crippen LogP contribution in [0.4, 0.5) is 11.4 Å². The van der Waals surface area contributed by atoms with Gasteiger partial charge in [0.05, 0.1) is 11.4 Å². The zero-order valence-corrected chi connectivity index (χ0v) is 14.7. The molecule has 0 amide bonds. The summed E-state index contributed by atoms with van der Waals surface area (Å²) in [5.74, 6) is 0. The topological polar surface area (TPSA) is 24.7 Å². The van der Waals surface area contributed by atoms with Crippen molar-refractivity contribution in [2.75, 3.05) is 0 Å². The van der Waals surface area contributed by atoms with E-state index >= 15 is 0 Å². The Labute approximate surface area is 150 Å². The van der Waals surface area contributed by atoms with Crippen molar-refractivity contribution in [3.8, 4) is 0 Å². The van der Waals surface area contributed by atoms with Crippen LogP contribution < -0.4 is 0 Å². The first-order chi connectivity index (χ1) is 11.2. The van der Waals surface area contributed by atoms with E-state index in [9.17, 15) is 0 Å². The Balaban J connectivity index is 1.74. The molecule has 0 aliphatic carbocycles. The van der Waals surface area contributed by atoms with Gasteiger partial charge in [0.25, 0.3) is 0 Å². The van der Waals surface area contributed by atoms with Gasteiger partial charge in [0.1, 0.15) is 0 Å². The smallest absolute Gasteiger partial charge is 0.0763 e. The monoisotopic (exact) mass is 354 g/mol. The van der Waals surface area contributed by atoms with Crippen molar-refractivity contribution >= 4 is 60.4 Å². The van der Waals surface area contributed by atoms with Crippen molar-refractivity contribution in [3.05, 3.63) is 70.4 Å². The molecule has 0 fully saturated rings. The average molecular weight is 355 g/mol. The van der Waals surface area contributed by atoms with Crippen LogP contribution in [-0.4, -0.2) is 12.4 Å². The molecule has 0 aliphatic heterocycles. The standard InChI is InChI=1S/C18H14N2S3/c21-17-7-3-1-5-15(17)19-11-13-9-10-14(23-13)12-20-16-6-2-4-8-18(16)22/h1-12,21-22H. The summed E-state index contributed by atoms with van der Waals surface area (Å²) in [6, 6.07) is 19.6. The zero-order chi connectivity index (χ0) is 16.1. The number of rotatable bonds is 4. The van der Waals surface area contributed by atoms with Gasteiger partial charge in [0.15, 0.2) is 0 Å². The minimum absolute atomic E-state index is 0.864. The van der Waals surface area contributed by atoms with Crippen LogP contribution in [0, 0.1) is 0 Å². The van der Waals surface area contributed by atoms with Crippen LogP contribution in [0.25, 0.3) is 0 Å². The van der Waals surface area contributed by atoms with Gasteiger partial charge in [-0.3, -0.25) is 9.98 Å². The fraction of sp³-hybridized carbons (Fsp3) is 0. The lowest BCUT2D eigenvalue weighted by atomic mass is 10.3. The summed E-state index contributed by atoms with van der Waals surface area (Å²) in [5, 5.41) is 0. The summed E-state index contributed by atoms with van der Waals surface area (Å²) in [7, 11) is 0. The summed E-state index contributed by atoms with van der Waals surface area (Å²) in [6.07, 6.45) is 3.70. The second kappa shape index (κ2) is 7.64. The van der Waals surface area contributed by atoms with Gasteiger partial charge in [0.2, 0.25) is 0 Å². The molecule has 0 spiro atoms. The normalized spacial score (nSPS) is 11.6. The molecule has 1 heterocycles. The van der Waals surface area contributed by atoms with Crippen LogP contribution >= 0.6 is 36.6 Å². The molecule has 0 saturated heterocycles. The predicted octanol–water partition coefficient (Wildman–Crippen LogP) is 5.83. The van der Waals surface area contributed by atoms with Crippen LogP contribution in [0.1, 0.15) is 9.75 Å². The number of benzene rings is 2. The molecule has 5 heteroatoms. The molecule has 114 valence electrons. The van der Waals surface area contributed by atoms with Crippen molar-refractivity contribution in [1.29, 1.82) is 0 Å². The molecule has 0 bridgehead atoms. The molecule has 2 aromatic carbocycles. The van der Waals surface area contributed by atoms with Gasteiger partial charge < -0.3 is 0 Å². The summed E-state index contributed by atoms with van der Waals surface area (Å²) >= 11 is 10.4. The molecular weight excluding hydrogens is 340 g/mol. The van der Waals surface area contributed by atoms with Crippen molar-refractivity contribution in [3.63, 3.8) is 0 Å². The molecule has 0 N–H and O–H groups in total. The fourth-order valence-electron chi connectivity index (χ4n) is 1.92. The van der Waals surface area contributed by atoms with Crippen molar-refractivity contribution in [2.45, 2.75) is 9.79 Å². The summed E-state index contributed by atoms with van der Waals surface area (Å²) < 4.78 is 0. The minimum Gasteiger partial charge on any atom is -0.254 e. The zero-order valence-electron chi connectivity index (χ0n) is 12.1. The van der Waals surface area contributed by atoms with E-state index in [1.54, 1.807) is 11.3 Å². The van der Waals surface area contributed by atoms with Gasteiger partial charge in [-0.2, -0.15) is 0 Å². The van der Waals surface area contributed by atoms with Gasteiger partial charge in [-0.1, -0.05) is 24.3 Å². The number of aliphatic imine (C=N–C) groups is 2. The highest BCUT2D eigenvalue weighted by atomic mass is 32.1. The first-order valence-electron chi connectivity index (χ1n) is 6.96. The molecule has 0 saturated carbocycles. The molecule has 23 heavy (non-hydrogen) atoms.